The lowest BCUT2D eigenvalue weighted by atomic mass is 10.1. The van der Waals surface area contributed by atoms with Crippen LogP contribution in [0.2, 0.25) is 0 Å². The largest absolute Gasteiger partial charge is 0.495 e. The van der Waals surface area contributed by atoms with Crippen molar-refractivity contribution in [3.05, 3.63) is 60.2 Å². The SMILES string of the molecule is COc1ccccc1Nc1nnc(SCCCC(=O)c2ccccc2)s1. The summed E-state index contributed by atoms with van der Waals surface area (Å²) in [6.45, 7) is 0. The maximum absolute atomic E-state index is 12.1. The maximum atomic E-state index is 12.1. The van der Waals surface area contributed by atoms with Gasteiger partial charge in [-0.3, -0.25) is 4.79 Å². The van der Waals surface area contributed by atoms with E-state index in [0.717, 1.165) is 38.6 Å². The van der Waals surface area contributed by atoms with Gasteiger partial charge in [-0.2, -0.15) is 0 Å². The molecule has 0 bridgehead atoms. The van der Waals surface area contributed by atoms with Crippen molar-refractivity contribution in [1.82, 2.24) is 10.2 Å². The summed E-state index contributed by atoms with van der Waals surface area (Å²) in [6, 6.07) is 17.1. The number of hydrogen-bond donors (Lipinski definition) is 1. The van der Waals surface area contributed by atoms with Crippen molar-refractivity contribution in [1.29, 1.82) is 0 Å². The highest BCUT2D eigenvalue weighted by Gasteiger charge is 2.09. The fraction of sp³-hybridized carbons (Fsp3) is 0.211. The van der Waals surface area contributed by atoms with E-state index in [-0.39, 0.29) is 5.78 Å². The second kappa shape index (κ2) is 9.35. The molecule has 1 aromatic heterocycles. The average molecular weight is 386 g/mol. The number of carbonyl (C=O) groups is 1. The number of nitrogens with zero attached hydrogens (tertiary/aromatic N) is 2. The fourth-order valence-electron chi connectivity index (χ4n) is 2.34. The van der Waals surface area contributed by atoms with E-state index in [1.165, 1.54) is 11.3 Å². The average Bonchev–Trinajstić information content (AvgIpc) is 3.13. The molecule has 0 aliphatic rings. The van der Waals surface area contributed by atoms with Crippen LogP contribution in [0.25, 0.3) is 0 Å². The van der Waals surface area contributed by atoms with Gasteiger partial charge >= 0.3 is 0 Å². The van der Waals surface area contributed by atoms with E-state index in [9.17, 15) is 4.79 Å². The van der Waals surface area contributed by atoms with Crippen molar-refractivity contribution in [2.24, 2.45) is 0 Å². The molecule has 1 heterocycles. The molecule has 5 nitrogen and oxygen atoms in total. The summed E-state index contributed by atoms with van der Waals surface area (Å²) in [5, 5.41) is 12.3. The maximum Gasteiger partial charge on any atom is 0.210 e. The number of benzene rings is 2. The highest BCUT2D eigenvalue weighted by atomic mass is 32.2. The molecule has 0 aliphatic heterocycles. The van der Waals surface area contributed by atoms with Gasteiger partial charge in [0.1, 0.15) is 5.75 Å². The zero-order valence-electron chi connectivity index (χ0n) is 14.3. The number of carbonyl (C=O) groups excluding carboxylic acids is 1. The highest BCUT2D eigenvalue weighted by Crippen LogP contribution is 2.31. The summed E-state index contributed by atoms with van der Waals surface area (Å²) >= 11 is 3.11. The van der Waals surface area contributed by atoms with E-state index in [2.05, 4.69) is 15.5 Å². The molecule has 0 amide bonds. The number of aromatic nitrogens is 2. The Balaban J connectivity index is 1.46. The summed E-state index contributed by atoms with van der Waals surface area (Å²) in [7, 11) is 1.64. The van der Waals surface area contributed by atoms with Crippen LogP contribution < -0.4 is 10.1 Å². The number of methoxy groups -OCH3 is 1. The van der Waals surface area contributed by atoms with E-state index in [0.29, 0.717) is 6.42 Å². The number of anilines is 2. The fourth-order valence-corrected chi connectivity index (χ4v) is 4.12. The summed E-state index contributed by atoms with van der Waals surface area (Å²) < 4.78 is 6.20. The van der Waals surface area contributed by atoms with Crippen molar-refractivity contribution in [3.63, 3.8) is 0 Å². The number of ether oxygens (including phenoxy) is 1. The van der Waals surface area contributed by atoms with Crippen LogP contribution in [0.5, 0.6) is 5.75 Å². The summed E-state index contributed by atoms with van der Waals surface area (Å²) in [5.41, 5.74) is 1.63. The van der Waals surface area contributed by atoms with Gasteiger partial charge in [-0.15, -0.1) is 10.2 Å². The lowest BCUT2D eigenvalue weighted by Gasteiger charge is -2.07. The lowest BCUT2D eigenvalue weighted by Crippen LogP contribution is -1.98. The third-order valence-electron chi connectivity index (χ3n) is 3.62. The summed E-state index contributed by atoms with van der Waals surface area (Å²) in [4.78, 5) is 12.1. The number of thioether (sulfide) groups is 1. The van der Waals surface area contributed by atoms with Crippen LogP contribution in [0, 0.1) is 0 Å². The van der Waals surface area contributed by atoms with E-state index < -0.39 is 0 Å². The predicted octanol–water partition coefficient (Wildman–Crippen LogP) is 5.05. The van der Waals surface area contributed by atoms with Gasteiger partial charge in [0, 0.05) is 17.7 Å². The Labute approximate surface area is 160 Å². The van der Waals surface area contributed by atoms with E-state index in [4.69, 9.17) is 4.74 Å². The van der Waals surface area contributed by atoms with Gasteiger partial charge in [-0.05, 0) is 18.6 Å². The van der Waals surface area contributed by atoms with Crippen LogP contribution in [-0.2, 0) is 0 Å². The number of nitrogens with one attached hydrogen (secondary N) is 1. The van der Waals surface area contributed by atoms with Crippen molar-refractivity contribution in [2.45, 2.75) is 17.2 Å². The first-order chi connectivity index (χ1) is 12.8. The molecule has 0 aliphatic carbocycles. The normalized spacial score (nSPS) is 10.5. The first-order valence-corrected chi connectivity index (χ1v) is 10.0. The molecule has 0 atom stereocenters. The van der Waals surface area contributed by atoms with Crippen molar-refractivity contribution in [2.75, 3.05) is 18.2 Å². The summed E-state index contributed by atoms with van der Waals surface area (Å²) in [6.07, 6.45) is 1.36. The van der Waals surface area contributed by atoms with Crippen LogP contribution >= 0.6 is 23.1 Å². The molecule has 26 heavy (non-hydrogen) atoms. The number of hydrogen-bond acceptors (Lipinski definition) is 7. The zero-order chi connectivity index (χ0) is 18.2. The minimum atomic E-state index is 0.182. The Morgan fingerprint density at radius 2 is 1.88 bits per heavy atom. The Kier molecular flexibility index (Phi) is 6.62. The molecular weight excluding hydrogens is 366 g/mol. The van der Waals surface area contributed by atoms with Crippen molar-refractivity contribution in [3.8, 4) is 5.75 Å². The van der Waals surface area contributed by atoms with E-state index in [1.807, 2.05) is 54.6 Å². The molecule has 3 rings (SSSR count). The molecule has 0 spiro atoms. The number of rotatable bonds is 9. The number of para-hydroxylation sites is 2. The van der Waals surface area contributed by atoms with E-state index in [1.54, 1.807) is 18.9 Å². The smallest absolute Gasteiger partial charge is 0.210 e. The van der Waals surface area contributed by atoms with Crippen LogP contribution in [0.3, 0.4) is 0 Å². The molecule has 1 N–H and O–H groups in total. The van der Waals surface area contributed by atoms with Crippen LogP contribution in [-0.4, -0.2) is 28.8 Å². The Bertz CT molecular complexity index is 853. The van der Waals surface area contributed by atoms with Gasteiger partial charge in [-0.1, -0.05) is 65.6 Å². The van der Waals surface area contributed by atoms with Crippen LogP contribution in [0.4, 0.5) is 10.8 Å². The molecule has 0 saturated carbocycles. The zero-order valence-corrected chi connectivity index (χ0v) is 16.0. The monoisotopic (exact) mass is 385 g/mol. The second-order valence-electron chi connectivity index (χ2n) is 5.44. The Hall–Kier alpha value is -2.38. The molecule has 0 saturated heterocycles. The Morgan fingerprint density at radius 1 is 1.12 bits per heavy atom. The minimum absolute atomic E-state index is 0.182. The molecule has 0 unspecified atom stereocenters. The molecule has 0 radical (unpaired) electrons. The molecule has 0 fully saturated rings. The minimum Gasteiger partial charge on any atom is -0.495 e. The third-order valence-corrected chi connectivity index (χ3v) is 5.68. The highest BCUT2D eigenvalue weighted by molar-refractivity contribution is 8.01. The van der Waals surface area contributed by atoms with Gasteiger partial charge in [-0.25, -0.2) is 0 Å². The van der Waals surface area contributed by atoms with Crippen molar-refractivity contribution < 1.29 is 9.53 Å². The quantitative estimate of drug-likeness (QED) is 0.316. The number of Topliss-reactive ketones (excluding diaryl/α,β-unsaturated/α-hetero) is 1. The van der Waals surface area contributed by atoms with Gasteiger partial charge < -0.3 is 10.1 Å². The van der Waals surface area contributed by atoms with E-state index >= 15 is 0 Å². The standard InChI is InChI=1S/C19H19N3O2S2/c1-24-17-12-6-5-10-15(17)20-18-21-22-19(26-18)25-13-7-11-16(23)14-8-3-2-4-9-14/h2-6,8-10,12H,7,11,13H2,1H3,(H,20,21). The van der Waals surface area contributed by atoms with Crippen LogP contribution in [0.1, 0.15) is 23.2 Å². The first-order valence-electron chi connectivity index (χ1n) is 8.21. The topological polar surface area (TPSA) is 64.1 Å². The molecule has 7 heteroatoms. The Morgan fingerprint density at radius 3 is 2.69 bits per heavy atom. The molecular formula is C19H19N3O2S2. The number of ketones is 1. The van der Waals surface area contributed by atoms with Crippen molar-refractivity contribution >= 4 is 39.7 Å². The first kappa shape index (κ1) is 18.4. The molecule has 2 aromatic carbocycles. The van der Waals surface area contributed by atoms with Gasteiger partial charge in [0.2, 0.25) is 5.13 Å². The lowest BCUT2D eigenvalue weighted by molar-refractivity contribution is 0.0982. The summed E-state index contributed by atoms with van der Waals surface area (Å²) in [5.74, 6) is 1.78. The molecule has 134 valence electrons. The van der Waals surface area contributed by atoms with Gasteiger partial charge in [0.15, 0.2) is 10.1 Å². The predicted molar refractivity (Wildman–Crippen MR) is 107 cm³/mol. The van der Waals surface area contributed by atoms with Gasteiger partial charge in [0.25, 0.3) is 0 Å². The second-order valence-corrected chi connectivity index (χ2v) is 7.76. The third kappa shape index (κ3) is 5.06. The van der Waals surface area contributed by atoms with Gasteiger partial charge in [0.05, 0.1) is 12.8 Å². The van der Waals surface area contributed by atoms with Crippen LogP contribution in [0.15, 0.2) is 58.9 Å². The molecule has 3 aromatic rings.